The first kappa shape index (κ1) is 15.6. The third-order valence-electron chi connectivity index (χ3n) is 4.13. The monoisotopic (exact) mass is 351 g/mol. The molecule has 0 amide bonds. The average Bonchev–Trinajstić information content (AvgIpc) is 3.07. The lowest BCUT2D eigenvalue weighted by Gasteiger charge is -2.09. The Morgan fingerprint density at radius 3 is 2.16 bits per heavy atom. The second-order valence-electron chi connectivity index (χ2n) is 5.71. The van der Waals surface area contributed by atoms with Crippen molar-refractivity contribution in [2.24, 2.45) is 0 Å². The van der Waals surface area contributed by atoms with Gasteiger partial charge in [0.15, 0.2) is 0 Å². The minimum atomic E-state index is -3.67. The van der Waals surface area contributed by atoms with E-state index < -0.39 is 10.0 Å². The van der Waals surface area contributed by atoms with Crippen molar-refractivity contribution in [3.05, 3.63) is 90.9 Å². The standard InChI is InChI=1S/C20H14FNO2S/c21-18-10-8-15(9-11-18)17-7-6-16-12-13-22(20(16)14-17)25(23,24)19-4-2-1-3-5-19/h1-14H. The number of benzene rings is 3. The average molecular weight is 351 g/mol. The number of hydrogen-bond acceptors (Lipinski definition) is 2. The number of aromatic nitrogens is 1. The first-order chi connectivity index (χ1) is 12.1. The van der Waals surface area contributed by atoms with E-state index in [4.69, 9.17) is 0 Å². The van der Waals surface area contributed by atoms with E-state index in [1.54, 1.807) is 54.7 Å². The van der Waals surface area contributed by atoms with Crippen LogP contribution >= 0.6 is 0 Å². The summed E-state index contributed by atoms with van der Waals surface area (Å²) in [4.78, 5) is 0.236. The maximum Gasteiger partial charge on any atom is 0.268 e. The molecule has 0 fully saturated rings. The Hall–Kier alpha value is -2.92. The zero-order valence-corrected chi connectivity index (χ0v) is 13.9. The first-order valence-electron chi connectivity index (χ1n) is 7.73. The fraction of sp³-hybridized carbons (Fsp3) is 0. The summed E-state index contributed by atoms with van der Waals surface area (Å²) in [5, 5.41) is 0.824. The number of rotatable bonds is 3. The van der Waals surface area contributed by atoms with Gasteiger partial charge in [0.05, 0.1) is 10.4 Å². The normalized spacial score (nSPS) is 11.7. The van der Waals surface area contributed by atoms with Gasteiger partial charge in [0.1, 0.15) is 5.82 Å². The molecule has 25 heavy (non-hydrogen) atoms. The smallest absolute Gasteiger partial charge is 0.241 e. The van der Waals surface area contributed by atoms with Gasteiger partial charge in [0.2, 0.25) is 0 Å². The van der Waals surface area contributed by atoms with Gasteiger partial charge < -0.3 is 0 Å². The van der Waals surface area contributed by atoms with Crippen LogP contribution in [0.15, 0.2) is 90.0 Å². The zero-order chi connectivity index (χ0) is 17.4. The van der Waals surface area contributed by atoms with Crippen molar-refractivity contribution in [3.8, 4) is 11.1 Å². The van der Waals surface area contributed by atoms with Crippen LogP contribution < -0.4 is 0 Å². The zero-order valence-electron chi connectivity index (χ0n) is 13.1. The molecular formula is C20H14FNO2S. The lowest BCUT2D eigenvalue weighted by atomic mass is 10.0. The van der Waals surface area contributed by atoms with Crippen molar-refractivity contribution in [3.63, 3.8) is 0 Å². The van der Waals surface area contributed by atoms with Gasteiger partial charge >= 0.3 is 0 Å². The maximum absolute atomic E-state index is 13.1. The number of nitrogens with zero attached hydrogens (tertiary/aromatic N) is 1. The summed E-state index contributed by atoms with van der Waals surface area (Å²) in [5.74, 6) is -0.306. The van der Waals surface area contributed by atoms with Crippen LogP contribution in [0.4, 0.5) is 4.39 Å². The first-order valence-corrected chi connectivity index (χ1v) is 9.17. The Morgan fingerprint density at radius 1 is 0.760 bits per heavy atom. The Morgan fingerprint density at radius 2 is 1.44 bits per heavy atom. The van der Waals surface area contributed by atoms with Gasteiger partial charge in [-0.1, -0.05) is 42.5 Å². The SMILES string of the molecule is O=S(=O)(c1ccccc1)n1ccc2ccc(-c3ccc(F)cc3)cc21. The molecule has 0 spiro atoms. The van der Waals surface area contributed by atoms with Gasteiger partial charge in [-0.05, 0) is 47.5 Å². The molecule has 0 atom stereocenters. The fourth-order valence-electron chi connectivity index (χ4n) is 2.84. The van der Waals surface area contributed by atoms with E-state index in [-0.39, 0.29) is 10.7 Å². The number of hydrogen-bond donors (Lipinski definition) is 0. The van der Waals surface area contributed by atoms with Crippen LogP contribution in [0.2, 0.25) is 0 Å². The van der Waals surface area contributed by atoms with Gasteiger partial charge in [-0.2, -0.15) is 0 Å². The Kier molecular flexibility index (Phi) is 3.66. The molecule has 124 valence electrons. The fourth-order valence-corrected chi connectivity index (χ4v) is 4.21. The summed E-state index contributed by atoms with van der Waals surface area (Å²) in [5.41, 5.74) is 2.24. The van der Waals surface area contributed by atoms with Crippen molar-refractivity contribution >= 4 is 20.9 Å². The van der Waals surface area contributed by atoms with E-state index in [0.717, 1.165) is 16.5 Å². The summed E-state index contributed by atoms with van der Waals surface area (Å²) in [6.07, 6.45) is 1.56. The Balaban J connectivity index is 1.89. The lowest BCUT2D eigenvalue weighted by molar-refractivity contribution is 0.589. The molecule has 0 saturated carbocycles. The highest BCUT2D eigenvalue weighted by Crippen LogP contribution is 2.27. The maximum atomic E-state index is 13.1. The molecule has 0 N–H and O–H groups in total. The minimum absolute atomic E-state index is 0.236. The third-order valence-corrected chi connectivity index (χ3v) is 5.84. The van der Waals surface area contributed by atoms with Crippen LogP contribution in [0, 0.1) is 5.82 Å². The molecule has 0 saturated heterocycles. The van der Waals surface area contributed by atoms with Crippen LogP contribution in [-0.2, 0) is 10.0 Å². The Labute approximate surface area is 145 Å². The van der Waals surface area contributed by atoms with Crippen molar-refractivity contribution < 1.29 is 12.8 Å². The lowest BCUT2D eigenvalue weighted by Crippen LogP contribution is -2.11. The molecule has 0 aliphatic carbocycles. The molecule has 0 aliphatic rings. The Bertz CT molecular complexity index is 1150. The molecule has 4 aromatic rings. The molecule has 0 bridgehead atoms. The van der Waals surface area contributed by atoms with Crippen LogP contribution in [0.25, 0.3) is 22.0 Å². The molecule has 3 nitrogen and oxygen atoms in total. The summed E-state index contributed by atoms with van der Waals surface area (Å²) in [6.45, 7) is 0. The molecular weight excluding hydrogens is 337 g/mol. The second kappa shape index (κ2) is 5.86. The summed E-state index contributed by atoms with van der Waals surface area (Å²) in [6, 6.07) is 21.8. The van der Waals surface area contributed by atoms with E-state index >= 15 is 0 Å². The topological polar surface area (TPSA) is 39.1 Å². The quantitative estimate of drug-likeness (QED) is 0.537. The summed E-state index contributed by atoms with van der Waals surface area (Å²) in [7, 11) is -3.67. The van der Waals surface area contributed by atoms with Crippen LogP contribution in [0.1, 0.15) is 0 Å². The molecule has 0 unspecified atom stereocenters. The predicted molar refractivity (Wildman–Crippen MR) is 96.4 cm³/mol. The highest BCUT2D eigenvalue weighted by molar-refractivity contribution is 7.90. The highest BCUT2D eigenvalue weighted by Gasteiger charge is 2.18. The van der Waals surface area contributed by atoms with Gasteiger partial charge in [-0.3, -0.25) is 0 Å². The van der Waals surface area contributed by atoms with Gasteiger partial charge in [-0.15, -0.1) is 0 Å². The van der Waals surface area contributed by atoms with Crippen LogP contribution in [0.3, 0.4) is 0 Å². The van der Waals surface area contributed by atoms with Crippen molar-refractivity contribution in [1.82, 2.24) is 3.97 Å². The number of halogens is 1. The van der Waals surface area contributed by atoms with E-state index in [2.05, 4.69) is 0 Å². The van der Waals surface area contributed by atoms with Crippen LogP contribution in [0.5, 0.6) is 0 Å². The molecule has 4 rings (SSSR count). The molecule has 0 aliphatic heterocycles. The third kappa shape index (κ3) is 2.72. The molecule has 5 heteroatoms. The molecule has 3 aromatic carbocycles. The van der Waals surface area contributed by atoms with E-state index in [0.29, 0.717) is 5.52 Å². The van der Waals surface area contributed by atoms with E-state index in [9.17, 15) is 12.8 Å². The second-order valence-corrected chi connectivity index (χ2v) is 7.53. The summed E-state index contributed by atoms with van der Waals surface area (Å²) < 4.78 is 40.2. The van der Waals surface area contributed by atoms with Crippen LogP contribution in [-0.4, -0.2) is 12.4 Å². The van der Waals surface area contributed by atoms with Crippen molar-refractivity contribution in [1.29, 1.82) is 0 Å². The predicted octanol–water partition coefficient (Wildman–Crippen LogP) is 4.68. The molecule has 1 heterocycles. The molecule has 0 radical (unpaired) electrons. The van der Waals surface area contributed by atoms with Crippen molar-refractivity contribution in [2.75, 3.05) is 0 Å². The van der Waals surface area contributed by atoms with E-state index in [1.165, 1.54) is 16.1 Å². The number of fused-ring (bicyclic) bond motifs is 1. The van der Waals surface area contributed by atoms with Gasteiger partial charge in [0, 0.05) is 11.6 Å². The highest BCUT2D eigenvalue weighted by atomic mass is 32.2. The van der Waals surface area contributed by atoms with Gasteiger partial charge in [-0.25, -0.2) is 16.8 Å². The molecule has 1 aromatic heterocycles. The van der Waals surface area contributed by atoms with E-state index in [1.807, 2.05) is 18.2 Å². The largest absolute Gasteiger partial charge is 0.268 e. The van der Waals surface area contributed by atoms with Gasteiger partial charge in [0.25, 0.3) is 10.0 Å². The summed E-state index contributed by atoms with van der Waals surface area (Å²) >= 11 is 0. The minimum Gasteiger partial charge on any atom is -0.241 e. The van der Waals surface area contributed by atoms with Crippen molar-refractivity contribution in [2.45, 2.75) is 4.90 Å².